The summed E-state index contributed by atoms with van der Waals surface area (Å²) in [5.41, 5.74) is 3.52. The highest BCUT2D eigenvalue weighted by Gasteiger charge is 2.10. The maximum Gasteiger partial charge on any atom is 0.220 e. The summed E-state index contributed by atoms with van der Waals surface area (Å²) in [6, 6.07) is 22.8. The molecule has 0 radical (unpaired) electrons. The van der Waals surface area contributed by atoms with Crippen molar-refractivity contribution < 1.29 is 4.79 Å². The van der Waals surface area contributed by atoms with Gasteiger partial charge in [-0.1, -0.05) is 60.7 Å². The van der Waals surface area contributed by atoms with E-state index in [1.165, 1.54) is 16.0 Å². The van der Waals surface area contributed by atoms with Crippen LogP contribution in [0.5, 0.6) is 0 Å². The van der Waals surface area contributed by atoms with Crippen LogP contribution in [0.15, 0.2) is 72.1 Å². The smallest absolute Gasteiger partial charge is 0.220 e. The molecule has 0 aliphatic heterocycles. The van der Waals surface area contributed by atoms with E-state index in [1.54, 1.807) is 11.3 Å². The van der Waals surface area contributed by atoms with Gasteiger partial charge in [0, 0.05) is 11.3 Å². The van der Waals surface area contributed by atoms with Crippen molar-refractivity contribution in [1.29, 1.82) is 0 Å². The van der Waals surface area contributed by atoms with Gasteiger partial charge >= 0.3 is 0 Å². The Hall–Kier alpha value is -2.39. The van der Waals surface area contributed by atoms with Crippen molar-refractivity contribution in [2.24, 2.45) is 0 Å². The summed E-state index contributed by atoms with van der Waals surface area (Å²) in [7, 11) is 0. The molecule has 1 amide bonds. The van der Waals surface area contributed by atoms with E-state index < -0.39 is 0 Å². The number of aryl methyl sites for hydroxylation is 1. The molecule has 0 unspecified atom stereocenters. The van der Waals surface area contributed by atoms with Crippen molar-refractivity contribution in [3.05, 3.63) is 82.6 Å². The molecule has 2 nitrogen and oxygen atoms in total. The van der Waals surface area contributed by atoms with Gasteiger partial charge in [-0.05, 0) is 41.5 Å². The molecule has 0 saturated carbocycles. The summed E-state index contributed by atoms with van der Waals surface area (Å²) in [6.45, 7) is 2.03. The molecule has 24 heavy (non-hydrogen) atoms. The highest BCUT2D eigenvalue weighted by atomic mass is 32.1. The molecule has 3 rings (SSSR count). The molecule has 0 spiro atoms. The Bertz CT molecular complexity index is 763. The standard InChI is InChI=1S/C21H21NOS/c1-16(22-21(23)14-13-20-8-5-15-24-20)17-9-11-19(12-10-17)18-6-3-2-4-7-18/h2-12,15-16H,13-14H2,1H3,(H,22,23)/t16-/m0/s1. The van der Waals surface area contributed by atoms with Gasteiger partial charge < -0.3 is 5.32 Å². The van der Waals surface area contributed by atoms with Crippen molar-refractivity contribution in [1.82, 2.24) is 5.32 Å². The first-order valence-corrected chi connectivity index (χ1v) is 9.07. The third-order valence-corrected chi connectivity index (χ3v) is 5.01. The molecule has 3 heteroatoms. The second-order valence-corrected chi connectivity index (χ2v) is 6.89. The zero-order valence-corrected chi connectivity index (χ0v) is 14.6. The quantitative estimate of drug-likeness (QED) is 0.657. The van der Waals surface area contributed by atoms with E-state index >= 15 is 0 Å². The number of nitrogens with one attached hydrogen (secondary N) is 1. The summed E-state index contributed by atoms with van der Waals surface area (Å²) in [4.78, 5) is 13.4. The molecule has 0 aliphatic rings. The molecule has 1 heterocycles. The van der Waals surface area contributed by atoms with Gasteiger partial charge in [-0.15, -0.1) is 11.3 Å². The summed E-state index contributed by atoms with van der Waals surface area (Å²) in [5, 5.41) is 5.13. The number of thiophene rings is 1. The monoisotopic (exact) mass is 335 g/mol. The Balaban J connectivity index is 1.56. The van der Waals surface area contributed by atoms with Gasteiger partial charge in [-0.2, -0.15) is 0 Å². The Kier molecular flexibility index (Phi) is 5.44. The van der Waals surface area contributed by atoms with E-state index in [1.807, 2.05) is 36.6 Å². The SMILES string of the molecule is C[C@H](NC(=O)CCc1cccs1)c1ccc(-c2ccccc2)cc1. The van der Waals surface area contributed by atoms with Gasteiger partial charge in [0.15, 0.2) is 0 Å². The highest BCUT2D eigenvalue weighted by molar-refractivity contribution is 7.09. The number of hydrogen-bond acceptors (Lipinski definition) is 2. The predicted molar refractivity (Wildman–Crippen MR) is 101 cm³/mol. The first-order chi connectivity index (χ1) is 11.7. The lowest BCUT2D eigenvalue weighted by Crippen LogP contribution is -2.26. The van der Waals surface area contributed by atoms with E-state index in [2.05, 4.69) is 47.8 Å². The third-order valence-electron chi connectivity index (χ3n) is 4.07. The van der Waals surface area contributed by atoms with Gasteiger partial charge in [-0.3, -0.25) is 4.79 Å². The van der Waals surface area contributed by atoms with Gasteiger partial charge in [0.25, 0.3) is 0 Å². The second-order valence-electron chi connectivity index (χ2n) is 5.86. The minimum Gasteiger partial charge on any atom is -0.350 e. The number of carbonyl (C=O) groups is 1. The Morgan fingerprint density at radius 1 is 0.958 bits per heavy atom. The second kappa shape index (κ2) is 7.93. The number of benzene rings is 2. The van der Waals surface area contributed by atoms with Crippen LogP contribution in [-0.4, -0.2) is 5.91 Å². The molecule has 1 N–H and O–H groups in total. The lowest BCUT2D eigenvalue weighted by Gasteiger charge is -2.15. The fraction of sp³-hybridized carbons (Fsp3) is 0.190. The van der Waals surface area contributed by atoms with E-state index in [-0.39, 0.29) is 11.9 Å². The highest BCUT2D eigenvalue weighted by Crippen LogP contribution is 2.22. The van der Waals surface area contributed by atoms with Gasteiger partial charge in [0.2, 0.25) is 5.91 Å². The average Bonchev–Trinajstić information content (AvgIpc) is 3.14. The zero-order valence-electron chi connectivity index (χ0n) is 13.7. The summed E-state index contributed by atoms with van der Waals surface area (Å²) in [6.07, 6.45) is 1.34. The van der Waals surface area contributed by atoms with Gasteiger partial charge in [0.05, 0.1) is 6.04 Å². The molecule has 1 atom stereocenters. The van der Waals surface area contributed by atoms with Crippen molar-refractivity contribution in [3.8, 4) is 11.1 Å². The summed E-state index contributed by atoms with van der Waals surface area (Å²) < 4.78 is 0. The normalized spacial score (nSPS) is 11.9. The van der Waals surface area contributed by atoms with Crippen LogP contribution in [0.2, 0.25) is 0 Å². The molecule has 122 valence electrons. The van der Waals surface area contributed by atoms with Crippen LogP contribution in [-0.2, 0) is 11.2 Å². The lowest BCUT2D eigenvalue weighted by atomic mass is 10.0. The van der Waals surface area contributed by atoms with E-state index in [9.17, 15) is 4.79 Å². The van der Waals surface area contributed by atoms with E-state index in [0.29, 0.717) is 6.42 Å². The van der Waals surface area contributed by atoms with Crippen molar-refractivity contribution >= 4 is 17.2 Å². The molecule has 0 aliphatic carbocycles. The van der Waals surface area contributed by atoms with Crippen molar-refractivity contribution in [2.45, 2.75) is 25.8 Å². The minimum atomic E-state index is 0.0191. The fourth-order valence-electron chi connectivity index (χ4n) is 2.68. The maximum atomic E-state index is 12.1. The molecule has 3 aromatic rings. The largest absolute Gasteiger partial charge is 0.350 e. The Labute approximate surface area is 147 Å². The first-order valence-electron chi connectivity index (χ1n) is 8.19. The van der Waals surface area contributed by atoms with E-state index in [0.717, 1.165) is 12.0 Å². The van der Waals surface area contributed by atoms with Crippen LogP contribution in [0.3, 0.4) is 0 Å². The lowest BCUT2D eigenvalue weighted by molar-refractivity contribution is -0.121. The predicted octanol–water partition coefficient (Wildman–Crippen LogP) is 5.23. The van der Waals surface area contributed by atoms with Gasteiger partial charge in [0.1, 0.15) is 0 Å². The minimum absolute atomic E-state index is 0.0191. The molecule has 0 fully saturated rings. The number of amides is 1. The molecule has 1 aromatic heterocycles. The van der Waals surface area contributed by atoms with Crippen molar-refractivity contribution in [3.63, 3.8) is 0 Å². The molecular formula is C21H21NOS. The first kappa shape index (κ1) is 16.5. The summed E-state index contributed by atoms with van der Waals surface area (Å²) in [5.74, 6) is 0.100. The number of carbonyl (C=O) groups excluding carboxylic acids is 1. The fourth-order valence-corrected chi connectivity index (χ4v) is 3.39. The zero-order chi connectivity index (χ0) is 16.8. The topological polar surface area (TPSA) is 29.1 Å². The number of hydrogen-bond donors (Lipinski definition) is 1. The number of rotatable bonds is 6. The van der Waals surface area contributed by atoms with Crippen molar-refractivity contribution in [2.75, 3.05) is 0 Å². The molecule has 2 aromatic carbocycles. The van der Waals surface area contributed by atoms with Crippen LogP contribution in [0, 0.1) is 0 Å². The Morgan fingerprint density at radius 2 is 1.67 bits per heavy atom. The van der Waals surface area contributed by atoms with Crippen LogP contribution < -0.4 is 5.32 Å². The molecular weight excluding hydrogens is 314 g/mol. The maximum absolute atomic E-state index is 12.1. The summed E-state index contributed by atoms with van der Waals surface area (Å²) >= 11 is 1.70. The Morgan fingerprint density at radius 3 is 2.33 bits per heavy atom. The molecule has 0 saturated heterocycles. The van der Waals surface area contributed by atoms with Gasteiger partial charge in [-0.25, -0.2) is 0 Å². The van der Waals surface area contributed by atoms with Crippen LogP contribution in [0.25, 0.3) is 11.1 Å². The molecule has 0 bridgehead atoms. The van der Waals surface area contributed by atoms with Crippen LogP contribution in [0.1, 0.15) is 29.8 Å². The van der Waals surface area contributed by atoms with Crippen LogP contribution >= 0.6 is 11.3 Å². The van der Waals surface area contributed by atoms with Crippen LogP contribution in [0.4, 0.5) is 0 Å². The van der Waals surface area contributed by atoms with E-state index in [4.69, 9.17) is 0 Å². The average molecular weight is 335 g/mol. The third kappa shape index (κ3) is 4.33.